The standard InChI is InChI=1S/C12H13N3O3S/c1-17-9-5-3-4-7(10(9)18-2)6-8-11(16)13-12(19)15-14-8/h3-5H,6H2,1-2H3,(H2,13,15,16,19). The molecule has 7 heteroatoms. The highest BCUT2D eigenvalue weighted by Crippen LogP contribution is 2.31. The van der Waals surface area contributed by atoms with Gasteiger partial charge in [0.05, 0.1) is 14.2 Å². The van der Waals surface area contributed by atoms with Crippen molar-refractivity contribution < 1.29 is 9.47 Å². The highest BCUT2D eigenvalue weighted by Gasteiger charge is 2.12. The second-order valence-electron chi connectivity index (χ2n) is 3.78. The zero-order valence-electron chi connectivity index (χ0n) is 10.5. The van der Waals surface area contributed by atoms with Crippen molar-refractivity contribution in [2.45, 2.75) is 6.42 Å². The summed E-state index contributed by atoms with van der Waals surface area (Å²) in [6, 6.07) is 5.47. The first kappa shape index (κ1) is 13.3. The molecule has 1 heterocycles. The van der Waals surface area contributed by atoms with Crippen molar-refractivity contribution in [3.63, 3.8) is 0 Å². The molecule has 1 aromatic heterocycles. The lowest BCUT2D eigenvalue weighted by Crippen LogP contribution is -2.17. The minimum absolute atomic E-state index is 0.200. The summed E-state index contributed by atoms with van der Waals surface area (Å²) in [5.74, 6) is 1.20. The monoisotopic (exact) mass is 279 g/mol. The Morgan fingerprint density at radius 1 is 1.32 bits per heavy atom. The summed E-state index contributed by atoms with van der Waals surface area (Å²) < 4.78 is 10.7. The maximum absolute atomic E-state index is 11.7. The molecule has 0 radical (unpaired) electrons. The lowest BCUT2D eigenvalue weighted by atomic mass is 10.1. The summed E-state index contributed by atoms with van der Waals surface area (Å²) in [5.41, 5.74) is 0.833. The largest absolute Gasteiger partial charge is 0.493 e. The number of rotatable bonds is 4. The van der Waals surface area contributed by atoms with Gasteiger partial charge in [-0.15, -0.1) is 0 Å². The van der Waals surface area contributed by atoms with Crippen molar-refractivity contribution in [3.8, 4) is 11.5 Å². The third kappa shape index (κ3) is 2.82. The van der Waals surface area contributed by atoms with E-state index in [9.17, 15) is 4.79 Å². The fourth-order valence-electron chi connectivity index (χ4n) is 1.77. The average Bonchev–Trinajstić information content (AvgIpc) is 2.41. The fourth-order valence-corrected chi connectivity index (χ4v) is 1.90. The zero-order valence-corrected chi connectivity index (χ0v) is 11.3. The van der Waals surface area contributed by atoms with Crippen molar-refractivity contribution in [2.75, 3.05) is 14.2 Å². The summed E-state index contributed by atoms with van der Waals surface area (Å²) in [6.45, 7) is 0. The van der Waals surface area contributed by atoms with Crippen LogP contribution in [0.5, 0.6) is 11.5 Å². The van der Waals surface area contributed by atoms with Gasteiger partial charge in [0.2, 0.25) is 0 Å². The van der Waals surface area contributed by atoms with Crippen LogP contribution in [0.2, 0.25) is 0 Å². The Morgan fingerprint density at radius 2 is 2.11 bits per heavy atom. The van der Waals surface area contributed by atoms with Gasteiger partial charge >= 0.3 is 0 Å². The first-order valence-electron chi connectivity index (χ1n) is 5.53. The number of aromatic nitrogens is 3. The molecular weight excluding hydrogens is 266 g/mol. The molecule has 19 heavy (non-hydrogen) atoms. The predicted molar refractivity (Wildman–Crippen MR) is 72.4 cm³/mol. The number of benzene rings is 1. The summed E-state index contributed by atoms with van der Waals surface area (Å²) in [7, 11) is 3.12. The molecule has 2 rings (SSSR count). The molecule has 0 fully saturated rings. The van der Waals surface area contributed by atoms with Gasteiger partial charge < -0.3 is 9.47 Å². The summed E-state index contributed by atoms with van der Waals surface area (Å²) >= 11 is 4.79. The number of nitrogens with one attached hydrogen (secondary N) is 2. The number of nitrogens with zero attached hydrogens (tertiary/aromatic N) is 1. The maximum Gasteiger partial charge on any atom is 0.273 e. The molecule has 0 aliphatic carbocycles. The predicted octanol–water partition coefficient (Wildman–Crippen LogP) is 1.44. The minimum atomic E-state index is -0.311. The summed E-state index contributed by atoms with van der Waals surface area (Å²) in [6.07, 6.45) is 0.321. The van der Waals surface area contributed by atoms with Crippen molar-refractivity contribution in [1.82, 2.24) is 15.2 Å². The molecule has 0 unspecified atom stereocenters. The number of ether oxygens (including phenoxy) is 2. The van der Waals surface area contributed by atoms with Gasteiger partial charge in [-0.25, -0.2) is 0 Å². The van der Waals surface area contributed by atoms with Gasteiger partial charge in [0.25, 0.3) is 5.56 Å². The van der Waals surface area contributed by atoms with E-state index in [-0.39, 0.29) is 10.3 Å². The van der Waals surface area contributed by atoms with Gasteiger partial charge in [0.15, 0.2) is 16.3 Å². The van der Waals surface area contributed by atoms with Crippen LogP contribution in [0, 0.1) is 4.77 Å². The van der Waals surface area contributed by atoms with Gasteiger partial charge in [0.1, 0.15) is 5.69 Å². The molecule has 0 spiro atoms. The van der Waals surface area contributed by atoms with Crippen molar-refractivity contribution in [2.24, 2.45) is 0 Å². The molecule has 6 nitrogen and oxygen atoms in total. The van der Waals surface area contributed by atoms with Crippen molar-refractivity contribution >= 4 is 12.2 Å². The normalized spacial score (nSPS) is 10.2. The summed E-state index contributed by atoms with van der Waals surface area (Å²) in [5, 5.41) is 6.50. The van der Waals surface area contributed by atoms with E-state index in [2.05, 4.69) is 15.2 Å². The molecule has 0 saturated heterocycles. The van der Waals surface area contributed by atoms with E-state index in [1.54, 1.807) is 20.3 Å². The molecule has 0 atom stereocenters. The van der Waals surface area contributed by atoms with Crippen LogP contribution in [-0.2, 0) is 6.42 Å². The number of para-hydroxylation sites is 1. The van der Waals surface area contributed by atoms with Crippen LogP contribution in [-0.4, -0.2) is 29.4 Å². The molecule has 2 aromatic rings. The molecule has 2 N–H and O–H groups in total. The Bertz CT molecular complexity index is 693. The second-order valence-corrected chi connectivity index (χ2v) is 4.19. The third-order valence-electron chi connectivity index (χ3n) is 2.62. The van der Waals surface area contributed by atoms with Crippen molar-refractivity contribution in [1.29, 1.82) is 0 Å². The molecule has 0 amide bonds. The Morgan fingerprint density at radius 3 is 2.74 bits per heavy atom. The zero-order chi connectivity index (χ0) is 13.8. The van der Waals surface area contributed by atoms with Crippen LogP contribution in [0.4, 0.5) is 0 Å². The smallest absolute Gasteiger partial charge is 0.273 e. The van der Waals surface area contributed by atoms with Gasteiger partial charge in [-0.05, 0) is 18.3 Å². The van der Waals surface area contributed by atoms with E-state index in [4.69, 9.17) is 21.7 Å². The van der Waals surface area contributed by atoms with Gasteiger partial charge in [-0.1, -0.05) is 12.1 Å². The SMILES string of the molecule is COc1cccc(Cc2n[nH]c(=S)[nH]c2=O)c1OC. The first-order chi connectivity index (χ1) is 9.15. The van der Waals surface area contributed by atoms with Crippen LogP contribution in [0.25, 0.3) is 0 Å². The number of methoxy groups -OCH3 is 2. The Labute approximate surface area is 114 Å². The van der Waals surface area contributed by atoms with E-state index in [1.165, 1.54) is 0 Å². The van der Waals surface area contributed by atoms with Crippen molar-refractivity contribution in [3.05, 3.63) is 44.6 Å². The minimum Gasteiger partial charge on any atom is -0.493 e. The average molecular weight is 279 g/mol. The Hall–Kier alpha value is -2.15. The number of aromatic amines is 2. The number of H-pyrrole nitrogens is 2. The third-order valence-corrected chi connectivity index (χ3v) is 2.82. The van der Waals surface area contributed by atoms with E-state index in [0.29, 0.717) is 23.6 Å². The molecule has 0 saturated carbocycles. The topological polar surface area (TPSA) is 80.0 Å². The number of hydrogen-bond donors (Lipinski definition) is 2. The van der Waals surface area contributed by atoms with Gasteiger partial charge in [-0.3, -0.25) is 14.9 Å². The van der Waals surface area contributed by atoms with E-state index in [0.717, 1.165) is 5.56 Å². The molecule has 0 aliphatic heterocycles. The van der Waals surface area contributed by atoms with Crippen LogP contribution in [0.3, 0.4) is 0 Å². The van der Waals surface area contributed by atoms with Crippen LogP contribution in [0.15, 0.2) is 23.0 Å². The van der Waals surface area contributed by atoms with Crippen LogP contribution >= 0.6 is 12.2 Å². The van der Waals surface area contributed by atoms with E-state index >= 15 is 0 Å². The lowest BCUT2D eigenvalue weighted by Gasteiger charge is -2.11. The first-order valence-corrected chi connectivity index (χ1v) is 5.94. The highest BCUT2D eigenvalue weighted by molar-refractivity contribution is 7.71. The highest BCUT2D eigenvalue weighted by atomic mass is 32.1. The maximum atomic E-state index is 11.7. The molecule has 100 valence electrons. The van der Waals surface area contributed by atoms with E-state index < -0.39 is 0 Å². The summed E-state index contributed by atoms with van der Waals surface area (Å²) in [4.78, 5) is 14.2. The van der Waals surface area contributed by atoms with Crippen LogP contribution in [0.1, 0.15) is 11.3 Å². The molecule has 1 aromatic carbocycles. The lowest BCUT2D eigenvalue weighted by molar-refractivity contribution is 0.352. The molecule has 0 bridgehead atoms. The second kappa shape index (κ2) is 5.66. The number of hydrogen-bond acceptors (Lipinski definition) is 5. The molecular formula is C12H13N3O3S. The fraction of sp³-hybridized carbons (Fsp3) is 0.250. The quantitative estimate of drug-likeness (QED) is 0.828. The van der Waals surface area contributed by atoms with Gasteiger partial charge in [0, 0.05) is 12.0 Å². The Balaban J connectivity index is 2.43. The Kier molecular flexibility index (Phi) is 3.96. The van der Waals surface area contributed by atoms with E-state index in [1.807, 2.05) is 12.1 Å². The van der Waals surface area contributed by atoms with Crippen LogP contribution < -0.4 is 15.0 Å². The van der Waals surface area contributed by atoms with Gasteiger partial charge in [-0.2, -0.15) is 5.10 Å². The molecule has 0 aliphatic rings.